The molecule has 0 aliphatic carbocycles. The normalized spacial score (nSPS) is 9.94. The van der Waals surface area contributed by atoms with Crippen molar-refractivity contribution in [3.63, 3.8) is 0 Å². The van der Waals surface area contributed by atoms with Gasteiger partial charge in [0.25, 0.3) is 0 Å². The van der Waals surface area contributed by atoms with Gasteiger partial charge in [0, 0.05) is 12.1 Å². The number of hydrogen-bond donors (Lipinski definition) is 3. The summed E-state index contributed by atoms with van der Waals surface area (Å²) in [6.45, 7) is 2.40. The lowest BCUT2D eigenvalue weighted by Crippen LogP contribution is -2.28. The van der Waals surface area contributed by atoms with Gasteiger partial charge in [0.15, 0.2) is 5.82 Å². The molecule has 6 heteroatoms. The van der Waals surface area contributed by atoms with Crippen LogP contribution >= 0.6 is 0 Å². The monoisotopic (exact) mass is 231 g/mol. The van der Waals surface area contributed by atoms with Crippen molar-refractivity contribution in [2.75, 3.05) is 11.9 Å². The second kappa shape index (κ2) is 5.11. The van der Waals surface area contributed by atoms with Crippen molar-refractivity contribution in [1.82, 2.24) is 20.5 Å². The first-order chi connectivity index (χ1) is 8.29. The molecule has 17 heavy (non-hydrogen) atoms. The summed E-state index contributed by atoms with van der Waals surface area (Å²) in [5.41, 5.74) is 0.920. The minimum absolute atomic E-state index is 0.259. The van der Waals surface area contributed by atoms with Crippen molar-refractivity contribution in [2.45, 2.75) is 6.92 Å². The van der Waals surface area contributed by atoms with E-state index in [1.807, 2.05) is 37.3 Å². The van der Waals surface area contributed by atoms with E-state index < -0.39 is 0 Å². The van der Waals surface area contributed by atoms with Crippen LogP contribution in [0.3, 0.4) is 0 Å². The quantitative estimate of drug-likeness (QED) is 0.750. The van der Waals surface area contributed by atoms with Gasteiger partial charge in [0.2, 0.25) is 5.95 Å². The first-order valence-corrected chi connectivity index (χ1v) is 5.32. The number of aromatic nitrogens is 3. The molecule has 0 saturated heterocycles. The molecule has 88 valence electrons. The van der Waals surface area contributed by atoms with E-state index in [1.54, 1.807) is 0 Å². The summed E-state index contributed by atoms with van der Waals surface area (Å²) < 4.78 is 0. The highest BCUT2D eigenvalue weighted by atomic mass is 16.2. The third-order valence-electron chi connectivity index (χ3n) is 2.10. The fourth-order valence-corrected chi connectivity index (χ4v) is 1.35. The second-order valence-corrected chi connectivity index (χ2v) is 3.36. The molecule has 0 radical (unpaired) electrons. The highest BCUT2D eigenvalue weighted by Gasteiger charge is 2.07. The summed E-state index contributed by atoms with van der Waals surface area (Å²) in [6, 6.07) is 9.26. The van der Waals surface area contributed by atoms with Crippen molar-refractivity contribution in [1.29, 1.82) is 0 Å². The minimum Gasteiger partial charge on any atom is -0.338 e. The van der Waals surface area contributed by atoms with E-state index in [9.17, 15) is 4.79 Å². The molecule has 1 aromatic heterocycles. The Morgan fingerprint density at radius 3 is 2.82 bits per heavy atom. The molecule has 1 aromatic carbocycles. The molecule has 0 fully saturated rings. The second-order valence-electron chi connectivity index (χ2n) is 3.36. The van der Waals surface area contributed by atoms with Crippen LogP contribution in [0.25, 0.3) is 11.4 Å². The number of hydrogen-bond acceptors (Lipinski definition) is 3. The van der Waals surface area contributed by atoms with Crippen LogP contribution < -0.4 is 10.6 Å². The van der Waals surface area contributed by atoms with Crippen molar-refractivity contribution in [3.05, 3.63) is 30.3 Å². The number of aromatic amines is 1. The van der Waals surface area contributed by atoms with Crippen LogP contribution in [0.2, 0.25) is 0 Å². The number of benzene rings is 1. The number of anilines is 1. The number of nitrogens with zero attached hydrogens (tertiary/aromatic N) is 2. The minimum atomic E-state index is -0.314. The molecule has 0 aliphatic heterocycles. The third kappa shape index (κ3) is 2.81. The maximum atomic E-state index is 11.2. The summed E-state index contributed by atoms with van der Waals surface area (Å²) in [4.78, 5) is 15.4. The Balaban J connectivity index is 2.09. The zero-order valence-corrected chi connectivity index (χ0v) is 9.40. The van der Waals surface area contributed by atoms with Gasteiger partial charge in [-0.05, 0) is 6.92 Å². The summed E-state index contributed by atoms with van der Waals surface area (Å²) in [7, 11) is 0. The van der Waals surface area contributed by atoms with E-state index in [4.69, 9.17) is 0 Å². The molecule has 0 unspecified atom stereocenters. The maximum absolute atomic E-state index is 11.2. The lowest BCUT2D eigenvalue weighted by Gasteiger charge is -1.99. The molecule has 0 spiro atoms. The van der Waals surface area contributed by atoms with Crippen LogP contribution in [0.5, 0.6) is 0 Å². The lowest BCUT2D eigenvalue weighted by atomic mass is 10.2. The van der Waals surface area contributed by atoms with Crippen molar-refractivity contribution < 1.29 is 4.79 Å². The average Bonchev–Trinajstić information content (AvgIpc) is 2.79. The van der Waals surface area contributed by atoms with Gasteiger partial charge in [0.1, 0.15) is 0 Å². The fourth-order valence-electron chi connectivity index (χ4n) is 1.35. The van der Waals surface area contributed by atoms with E-state index in [0.717, 1.165) is 5.56 Å². The summed E-state index contributed by atoms with van der Waals surface area (Å²) >= 11 is 0. The molecule has 0 aliphatic rings. The number of amides is 2. The third-order valence-corrected chi connectivity index (χ3v) is 2.10. The van der Waals surface area contributed by atoms with Crippen LogP contribution in [0.4, 0.5) is 10.7 Å². The molecular weight excluding hydrogens is 218 g/mol. The van der Waals surface area contributed by atoms with E-state index in [0.29, 0.717) is 12.4 Å². The van der Waals surface area contributed by atoms with Crippen LogP contribution in [-0.4, -0.2) is 27.8 Å². The number of carbonyl (C=O) groups is 1. The standard InChI is InChI=1S/C11H13N5O/c1-2-12-11(17)14-10-13-9(15-16-10)8-6-4-3-5-7-8/h3-7H,2H2,1H3,(H3,12,13,14,15,16,17). The Morgan fingerprint density at radius 2 is 2.12 bits per heavy atom. The van der Waals surface area contributed by atoms with E-state index in [-0.39, 0.29) is 12.0 Å². The predicted molar refractivity (Wildman–Crippen MR) is 64.5 cm³/mol. The molecule has 2 amide bonds. The highest BCUT2D eigenvalue weighted by Crippen LogP contribution is 2.14. The van der Waals surface area contributed by atoms with Crippen LogP contribution in [0.1, 0.15) is 6.92 Å². The van der Waals surface area contributed by atoms with Gasteiger partial charge >= 0.3 is 6.03 Å². The highest BCUT2D eigenvalue weighted by molar-refractivity contribution is 5.87. The Bertz CT molecular complexity index is 494. The molecule has 0 bridgehead atoms. The van der Waals surface area contributed by atoms with Gasteiger partial charge in [-0.2, -0.15) is 4.98 Å². The number of urea groups is 1. The number of rotatable bonds is 3. The predicted octanol–water partition coefficient (Wildman–Crippen LogP) is 1.61. The van der Waals surface area contributed by atoms with Gasteiger partial charge in [-0.15, -0.1) is 5.10 Å². The molecular formula is C11H13N5O. The van der Waals surface area contributed by atoms with Gasteiger partial charge in [-0.1, -0.05) is 30.3 Å². The molecule has 6 nitrogen and oxygen atoms in total. The van der Waals surface area contributed by atoms with Crippen molar-refractivity contribution >= 4 is 12.0 Å². The Kier molecular flexibility index (Phi) is 3.34. The largest absolute Gasteiger partial charge is 0.338 e. The van der Waals surface area contributed by atoms with Crippen LogP contribution in [0, 0.1) is 0 Å². The summed E-state index contributed by atoms with van der Waals surface area (Å²) in [5, 5.41) is 11.8. The SMILES string of the molecule is CCNC(=O)Nc1n[nH]c(-c2ccccc2)n1. The van der Waals surface area contributed by atoms with Crippen molar-refractivity contribution in [2.24, 2.45) is 0 Å². The van der Waals surface area contributed by atoms with Gasteiger partial charge in [-0.3, -0.25) is 10.4 Å². The average molecular weight is 231 g/mol. The fraction of sp³-hybridized carbons (Fsp3) is 0.182. The Hall–Kier alpha value is -2.37. The zero-order chi connectivity index (χ0) is 12.1. The van der Waals surface area contributed by atoms with Gasteiger partial charge in [-0.25, -0.2) is 4.79 Å². The first kappa shape index (κ1) is 11.1. The molecule has 0 saturated carbocycles. The topological polar surface area (TPSA) is 82.7 Å². The molecule has 2 rings (SSSR count). The smallest absolute Gasteiger partial charge is 0.321 e. The Morgan fingerprint density at radius 1 is 1.35 bits per heavy atom. The number of H-pyrrole nitrogens is 1. The number of carbonyl (C=O) groups excluding carboxylic acids is 1. The van der Waals surface area contributed by atoms with E-state index in [2.05, 4.69) is 25.8 Å². The number of nitrogens with one attached hydrogen (secondary N) is 3. The molecule has 2 aromatic rings. The van der Waals surface area contributed by atoms with Crippen LogP contribution in [-0.2, 0) is 0 Å². The van der Waals surface area contributed by atoms with Crippen LogP contribution in [0.15, 0.2) is 30.3 Å². The van der Waals surface area contributed by atoms with E-state index in [1.165, 1.54) is 0 Å². The summed E-state index contributed by atoms with van der Waals surface area (Å²) in [6.07, 6.45) is 0. The lowest BCUT2D eigenvalue weighted by molar-refractivity contribution is 0.252. The van der Waals surface area contributed by atoms with Gasteiger partial charge < -0.3 is 5.32 Å². The maximum Gasteiger partial charge on any atom is 0.321 e. The summed E-state index contributed by atoms with van der Waals surface area (Å²) in [5.74, 6) is 0.882. The Labute approximate surface area is 98.5 Å². The molecule has 0 atom stereocenters. The first-order valence-electron chi connectivity index (χ1n) is 5.32. The molecule has 3 N–H and O–H groups in total. The molecule has 1 heterocycles. The van der Waals surface area contributed by atoms with E-state index >= 15 is 0 Å². The van der Waals surface area contributed by atoms with Crippen molar-refractivity contribution in [3.8, 4) is 11.4 Å². The zero-order valence-electron chi connectivity index (χ0n) is 9.40. The van der Waals surface area contributed by atoms with Gasteiger partial charge in [0.05, 0.1) is 0 Å².